The third-order valence-electron chi connectivity index (χ3n) is 4.77. The van der Waals surface area contributed by atoms with Gasteiger partial charge in [-0.1, -0.05) is 13.3 Å². The van der Waals surface area contributed by atoms with Crippen molar-refractivity contribution >= 4 is 0 Å². The molecule has 3 saturated heterocycles. The van der Waals surface area contributed by atoms with Gasteiger partial charge in [0.2, 0.25) is 0 Å². The summed E-state index contributed by atoms with van der Waals surface area (Å²) in [4.78, 5) is 0. The summed E-state index contributed by atoms with van der Waals surface area (Å²) < 4.78 is 18.2. The van der Waals surface area contributed by atoms with Crippen LogP contribution in [0.15, 0.2) is 0 Å². The normalized spacial score (nSPS) is 57.9. The number of rotatable bonds is 2. The molecule has 6 atom stereocenters. The van der Waals surface area contributed by atoms with E-state index >= 15 is 0 Å². The first-order valence-corrected chi connectivity index (χ1v) is 6.79. The van der Waals surface area contributed by atoms with Crippen LogP contribution in [0.25, 0.3) is 0 Å². The van der Waals surface area contributed by atoms with Gasteiger partial charge in [0, 0.05) is 12.8 Å². The minimum Gasteiger partial charge on any atom is -0.369 e. The standard InChI is InChI=1S/C13H20O3/c1-2-3-8-4-5-11-13(16-8)6-9(14-11)12-10(7-13)15-12/h8-12H,2-7H2,1H3/t8?,9-,10?,11+,12+,13?/m1/s1. The average molecular weight is 224 g/mol. The van der Waals surface area contributed by atoms with Gasteiger partial charge in [-0.25, -0.2) is 0 Å². The molecule has 0 radical (unpaired) electrons. The van der Waals surface area contributed by atoms with Crippen LogP contribution < -0.4 is 0 Å². The van der Waals surface area contributed by atoms with Crippen molar-refractivity contribution in [3.8, 4) is 0 Å². The van der Waals surface area contributed by atoms with Crippen molar-refractivity contribution in [2.24, 2.45) is 0 Å². The molecule has 0 aromatic rings. The van der Waals surface area contributed by atoms with Crippen LogP contribution >= 0.6 is 0 Å². The average Bonchev–Trinajstić information content (AvgIpc) is 2.94. The van der Waals surface area contributed by atoms with Gasteiger partial charge in [0.05, 0.1) is 30.0 Å². The largest absolute Gasteiger partial charge is 0.369 e. The summed E-state index contributed by atoms with van der Waals surface area (Å²) in [6.07, 6.45) is 8.99. The van der Waals surface area contributed by atoms with Gasteiger partial charge in [0.15, 0.2) is 0 Å². The van der Waals surface area contributed by atoms with Crippen LogP contribution in [0.1, 0.15) is 45.4 Å². The molecule has 4 rings (SSSR count). The van der Waals surface area contributed by atoms with E-state index in [1.807, 2.05) is 0 Å². The Labute approximate surface area is 96.4 Å². The van der Waals surface area contributed by atoms with Crippen LogP contribution in [0.5, 0.6) is 0 Å². The van der Waals surface area contributed by atoms with E-state index in [0.29, 0.717) is 30.5 Å². The summed E-state index contributed by atoms with van der Waals surface area (Å²) in [6, 6.07) is 0. The van der Waals surface area contributed by atoms with Crippen LogP contribution in [0.3, 0.4) is 0 Å². The Morgan fingerprint density at radius 1 is 1.12 bits per heavy atom. The van der Waals surface area contributed by atoms with Crippen molar-refractivity contribution in [2.75, 3.05) is 0 Å². The molecule has 1 aliphatic carbocycles. The molecule has 4 fully saturated rings. The lowest BCUT2D eigenvalue weighted by Crippen LogP contribution is -2.50. The van der Waals surface area contributed by atoms with Gasteiger partial charge in [-0.2, -0.15) is 0 Å². The van der Waals surface area contributed by atoms with Crippen molar-refractivity contribution < 1.29 is 14.2 Å². The highest BCUT2D eigenvalue weighted by molar-refractivity contribution is 5.14. The first-order chi connectivity index (χ1) is 7.81. The second kappa shape index (κ2) is 3.21. The maximum atomic E-state index is 6.40. The predicted octanol–water partition coefficient (Wildman–Crippen LogP) is 2.03. The number of hydrogen-bond donors (Lipinski definition) is 0. The van der Waals surface area contributed by atoms with Crippen molar-refractivity contribution in [3.63, 3.8) is 0 Å². The minimum absolute atomic E-state index is 0.0282. The Bertz CT molecular complexity index is 302. The molecule has 0 amide bonds. The molecule has 0 N–H and O–H groups in total. The summed E-state index contributed by atoms with van der Waals surface area (Å²) in [5.74, 6) is 0. The van der Waals surface area contributed by atoms with E-state index in [0.717, 1.165) is 12.8 Å². The fraction of sp³-hybridized carbons (Fsp3) is 1.00. The zero-order chi connectivity index (χ0) is 10.8. The quantitative estimate of drug-likeness (QED) is 0.672. The van der Waals surface area contributed by atoms with Crippen molar-refractivity contribution in [1.82, 2.24) is 0 Å². The lowest BCUT2D eigenvalue weighted by atomic mass is 9.78. The Morgan fingerprint density at radius 3 is 2.75 bits per heavy atom. The van der Waals surface area contributed by atoms with Gasteiger partial charge in [0.1, 0.15) is 6.10 Å². The smallest absolute Gasteiger partial charge is 0.110 e. The Balaban J connectivity index is 1.56. The van der Waals surface area contributed by atoms with E-state index in [1.165, 1.54) is 25.7 Å². The molecule has 90 valence electrons. The van der Waals surface area contributed by atoms with Crippen molar-refractivity contribution in [3.05, 3.63) is 0 Å². The molecule has 3 heterocycles. The summed E-state index contributed by atoms with van der Waals surface area (Å²) in [5.41, 5.74) is 0.0282. The number of epoxide rings is 1. The van der Waals surface area contributed by atoms with E-state index < -0.39 is 0 Å². The topological polar surface area (TPSA) is 31.0 Å². The summed E-state index contributed by atoms with van der Waals surface area (Å²) in [6.45, 7) is 2.24. The lowest BCUT2D eigenvalue weighted by molar-refractivity contribution is -0.171. The SMILES string of the molecule is CCCC1CC[C@@H]2O[C@@H]3CC2(CC2O[C@H]23)O1. The number of ether oxygens (including phenoxy) is 3. The maximum absolute atomic E-state index is 6.40. The Hall–Kier alpha value is -0.120. The highest BCUT2D eigenvalue weighted by Crippen LogP contribution is 2.55. The monoisotopic (exact) mass is 224 g/mol. The van der Waals surface area contributed by atoms with Gasteiger partial charge in [-0.3, -0.25) is 0 Å². The van der Waals surface area contributed by atoms with Gasteiger partial charge >= 0.3 is 0 Å². The predicted molar refractivity (Wildman–Crippen MR) is 58.3 cm³/mol. The highest BCUT2D eigenvalue weighted by atomic mass is 16.6. The maximum Gasteiger partial charge on any atom is 0.110 e. The second-order valence-corrected chi connectivity index (χ2v) is 5.88. The molecule has 0 aromatic heterocycles. The molecule has 0 aromatic carbocycles. The van der Waals surface area contributed by atoms with Crippen LogP contribution in [0.2, 0.25) is 0 Å². The van der Waals surface area contributed by atoms with Crippen LogP contribution in [-0.2, 0) is 14.2 Å². The van der Waals surface area contributed by atoms with Gasteiger partial charge in [-0.15, -0.1) is 0 Å². The molecular weight excluding hydrogens is 204 g/mol. The van der Waals surface area contributed by atoms with Crippen molar-refractivity contribution in [2.45, 2.75) is 81.6 Å². The third-order valence-corrected chi connectivity index (χ3v) is 4.77. The van der Waals surface area contributed by atoms with Gasteiger partial charge in [-0.05, 0) is 19.3 Å². The molecule has 16 heavy (non-hydrogen) atoms. The highest BCUT2D eigenvalue weighted by Gasteiger charge is 2.66. The first-order valence-electron chi connectivity index (χ1n) is 6.79. The number of hydrogen-bond acceptors (Lipinski definition) is 3. The second-order valence-electron chi connectivity index (χ2n) is 5.88. The summed E-state index contributed by atoms with van der Waals surface area (Å²) >= 11 is 0. The molecule has 3 unspecified atom stereocenters. The van der Waals surface area contributed by atoms with E-state index in [9.17, 15) is 0 Å². The third kappa shape index (κ3) is 1.25. The Kier molecular flexibility index (Phi) is 1.98. The number of fused-ring (bicyclic) bond motifs is 3. The summed E-state index contributed by atoms with van der Waals surface area (Å²) in [5, 5.41) is 0. The molecule has 3 nitrogen and oxygen atoms in total. The fourth-order valence-corrected chi connectivity index (χ4v) is 4.01. The summed E-state index contributed by atoms with van der Waals surface area (Å²) in [7, 11) is 0. The van der Waals surface area contributed by atoms with Crippen LogP contribution in [0.4, 0.5) is 0 Å². The molecule has 2 bridgehead atoms. The van der Waals surface area contributed by atoms with Gasteiger partial charge < -0.3 is 14.2 Å². The van der Waals surface area contributed by atoms with Crippen LogP contribution in [0, 0.1) is 0 Å². The zero-order valence-electron chi connectivity index (χ0n) is 9.85. The molecular formula is C13H20O3. The van der Waals surface area contributed by atoms with Gasteiger partial charge in [0.25, 0.3) is 0 Å². The molecule has 1 spiro atoms. The molecule has 3 heteroatoms. The van der Waals surface area contributed by atoms with E-state index in [4.69, 9.17) is 14.2 Å². The van der Waals surface area contributed by atoms with E-state index in [2.05, 4.69) is 6.92 Å². The van der Waals surface area contributed by atoms with Crippen molar-refractivity contribution in [1.29, 1.82) is 0 Å². The van der Waals surface area contributed by atoms with Crippen LogP contribution in [-0.4, -0.2) is 36.1 Å². The Morgan fingerprint density at radius 2 is 1.94 bits per heavy atom. The lowest BCUT2D eigenvalue weighted by Gasteiger charge is -2.42. The molecule has 4 aliphatic rings. The zero-order valence-corrected chi connectivity index (χ0v) is 9.85. The van der Waals surface area contributed by atoms with E-state index in [1.54, 1.807) is 0 Å². The molecule has 3 aliphatic heterocycles. The minimum atomic E-state index is 0.0282. The fourth-order valence-electron chi connectivity index (χ4n) is 4.01. The first kappa shape index (κ1) is 9.86. The molecule has 1 saturated carbocycles. The van der Waals surface area contributed by atoms with E-state index in [-0.39, 0.29) is 5.60 Å².